The molecule has 0 radical (unpaired) electrons. The molecule has 3 aromatic rings. The summed E-state index contributed by atoms with van der Waals surface area (Å²) >= 11 is 12.6. The minimum Gasteiger partial charge on any atom is -0.507 e. The van der Waals surface area contributed by atoms with Crippen LogP contribution in [0.15, 0.2) is 48.8 Å². The molecular weight excluding hydrogens is 406 g/mol. The van der Waals surface area contributed by atoms with Gasteiger partial charge in [-0.3, -0.25) is 9.78 Å². The van der Waals surface area contributed by atoms with E-state index >= 15 is 0 Å². The van der Waals surface area contributed by atoms with Crippen LogP contribution in [0.5, 0.6) is 11.5 Å². The molecule has 0 saturated carbocycles. The van der Waals surface area contributed by atoms with Gasteiger partial charge in [0.1, 0.15) is 17.3 Å². The topological polar surface area (TPSA) is 85.4 Å². The van der Waals surface area contributed by atoms with Crippen LogP contribution in [-0.2, 0) is 11.2 Å². The molecule has 2 aromatic carbocycles. The lowest BCUT2D eigenvalue weighted by molar-refractivity contribution is -0.119. The first kappa shape index (κ1) is 19.9. The van der Waals surface area contributed by atoms with Crippen molar-refractivity contribution < 1.29 is 19.0 Å². The first-order chi connectivity index (χ1) is 13.3. The lowest BCUT2D eigenvalue weighted by Gasteiger charge is -2.13. The third-order valence-electron chi connectivity index (χ3n) is 4.02. The molecule has 0 aliphatic rings. The summed E-state index contributed by atoms with van der Waals surface area (Å²) in [6.45, 7) is -0.312. The van der Waals surface area contributed by atoms with Crippen LogP contribution in [0.1, 0.15) is 11.1 Å². The summed E-state index contributed by atoms with van der Waals surface area (Å²) in [6.07, 6.45) is 3.25. The molecular formula is C20H15Cl2FN2O3. The van der Waals surface area contributed by atoms with E-state index in [1.807, 2.05) is 0 Å². The predicted molar refractivity (Wildman–Crippen MR) is 105 cm³/mol. The monoisotopic (exact) mass is 420 g/mol. The maximum Gasteiger partial charge on any atom is 0.255 e. The Labute approximate surface area is 170 Å². The molecule has 0 aliphatic carbocycles. The average molecular weight is 421 g/mol. The minimum atomic E-state index is -0.633. The van der Waals surface area contributed by atoms with E-state index in [2.05, 4.69) is 4.98 Å². The van der Waals surface area contributed by atoms with Crippen molar-refractivity contribution in [2.24, 2.45) is 5.73 Å². The second kappa shape index (κ2) is 8.46. The molecule has 0 aliphatic heterocycles. The van der Waals surface area contributed by atoms with Gasteiger partial charge in [-0.05, 0) is 47.0 Å². The van der Waals surface area contributed by atoms with Gasteiger partial charge in [0.2, 0.25) is 0 Å². The zero-order chi connectivity index (χ0) is 20.3. The standard InChI is InChI=1S/C20H15Cl2FN2O3/c21-16-7-13(28-10-20(24)27)8-17(22)15(16)6-12-5-14(19(26)9-18(12)23)11-1-3-25-4-2-11/h1-5,7-9,26H,6,10H2,(H2,24,27). The van der Waals surface area contributed by atoms with Gasteiger partial charge in [-0.1, -0.05) is 23.2 Å². The number of nitrogens with zero attached hydrogens (tertiary/aromatic N) is 1. The molecule has 0 fully saturated rings. The Hall–Kier alpha value is -2.83. The third-order valence-corrected chi connectivity index (χ3v) is 4.69. The van der Waals surface area contributed by atoms with Crippen LogP contribution in [-0.4, -0.2) is 22.6 Å². The van der Waals surface area contributed by atoms with Gasteiger partial charge in [0.05, 0.1) is 0 Å². The quantitative estimate of drug-likeness (QED) is 0.620. The van der Waals surface area contributed by atoms with Crippen molar-refractivity contribution in [3.63, 3.8) is 0 Å². The zero-order valence-corrected chi connectivity index (χ0v) is 16.0. The highest BCUT2D eigenvalue weighted by molar-refractivity contribution is 6.36. The normalized spacial score (nSPS) is 10.7. The van der Waals surface area contributed by atoms with E-state index in [1.54, 1.807) is 30.6 Å². The summed E-state index contributed by atoms with van der Waals surface area (Å²) in [4.78, 5) is 14.8. The number of hydrogen-bond donors (Lipinski definition) is 2. The summed E-state index contributed by atoms with van der Waals surface area (Å²) in [7, 11) is 0. The number of carbonyl (C=O) groups excluding carboxylic acids is 1. The summed E-state index contributed by atoms with van der Waals surface area (Å²) in [5.74, 6) is -1.12. The average Bonchev–Trinajstić information content (AvgIpc) is 2.65. The highest BCUT2D eigenvalue weighted by Crippen LogP contribution is 2.36. The van der Waals surface area contributed by atoms with E-state index in [-0.39, 0.29) is 34.6 Å². The molecule has 8 heteroatoms. The first-order valence-corrected chi connectivity index (χ1v) is 8.91. The zero-order valence-electron chi connectivity index (χ0n) is 14.5. The van der Waals surface area contributed by atoms with Gasteiger partial charge in [0.15, 0.2) is 6.61 Å². The molecule has 5 nitrogen and oxygen atoms in total. The van der Waals surface area contributed by atoms with Crippen LogP contribution < -0.4 is 10.5 Å². The first-order valence-electron chi connectivity index (χ1n) is 8.16. The number of benzene rings is 2. The van der Waals surface area contributed by atoms with Crippen molar-refractivity contribution in [1.82, 2.24) is 4.98 Å². The minimum absolute atomic E-state index is 0.0952. The summed E-state index contributed by atoms with van der Waals surface area (Å²) in [5, 5.41) is 10.6. The summed E-state index contributed by atoms with van der Waals surface area (Å²) in [6, 6.07) is 8.98. The Morgan fingerprint density at radius 3 is 2.39 bits per heavy atom. The SMILES string of the molecule is NC(=O)COc1cc(Cl)c(Cc2cc(-c3ccncc3)c(O)cc2F)c(Cl)c1. The number of carbonyl (C=O) groups is 1. The van der Waals surface area contributed by atoms with Crippen molar-refractivity contribution in [2.75, 3.05) is 6.61 Å². The van der Waals surface area contributed by atoms with Crippen LogP contribution in [0, 0.1) is 5.82 Å². The third kappa shape index (κ3) is 4.52. The maximum absolute atomic E-state index is 14.4. The molecule has 0 atom stereocenters. The van der Waals surface area contributed by atoms with Crippen molar-refractivity contribution >= 4 is 29.1 Å². The van der Waals surface area contributed by atoms with E-state index < -0.39 is 11.7 Å². The number of phenols is 1. The molecule has 0 unspecified atom stereocenters. The molecule has 0 bridgehead atoms. The van der Waals surface area contributed by atoms with Gasteiger partial charge in [-0.25, -0.2) is 4.39 Å². The van der Waals surface area contributed by atoms with Crippen molar-refractivity contribution in [1.29, 1.82) is 0 Å². The number of ether oxygens (including phenoxy) is 1. The van der Waals surface area contributed by atoms with Crippen LogP contribution in [0.2, 0.25) is 10.0 Å². The van der Waals surface area contributed by atoms with Crippen molar-refractivity contribution in [2.45, 2.75) is 6.42 Å². The van der Waals surface area contributed by atoms with Gasteiger partial charge in [0, 0.05) is 40.5 Å². The number of nitrogens with two attached hydrogens (primary N) is 1. The fraction of sp³-hybridized carbons (Fsp3) is 0.100. The molecule has 144 valence electrons. The number of halogens is 3. The number of hydrogen-bond acceptors (Lipinski definition) is 4. The lowest BCUT2D eigenvalue weighted by atomic mass is 9.98. The van der Waals surface area contributed by atoms with E-state index in [4.69, 9.17) is 33.7 Å². The molecule has 3 rings (SSSR count). The number of pyridine rings is 1. The number of aromatic nitrogens is 1. The molecule has 1 heterocycles. The molecule has 1 aromatic heterocycles. The van der Waals surface area contributed by atoms with Gasteiger partial charge in [0.25, 0.3) is 5.91 Å². The number of primary amides is 1. The highest BCUT2D eigenvalue weighted by Gasteiger charge is 2.16. The van der Waals surface area contributed by atoms with Crippen molar-refractivity contribution in [3.05, 3.63) is 75.8 Å². The Morgan fingerprint density at radius 1 is 1.14 bits per heavy atom. The fourth-order valence-corrected chi connectivity index (χ4v) is 3.28. The highest BCUT2D eigenvalue weighted by atomic mass is 35.5. The summed E-state index contributed by atoms with van der Waals surface area (Å²) < 4.78 is 19.6. The smallest absolute Gasteiger partial charge is 0.255 e. The summed E-state index contributed by atoms with van der Waals surface area (Å²) in [5.41, 5.74) is 7.00. The van der Waals surface area contributed by atoms with Crippen LogP contribution in [0.4, 0.5) is 4.39 Å². The molecule has 0 saturated heterocycles. The van der Waals surface area contributed by atoms with E-state index in [0.717, 1.165) is 6.07 Å². The number of phenolic OH excluding ortho intramolecular Hbond substituents is 1. The second-order valence-corrected chi connectivity index (χ2v) is 6.81. The van der Waals surface area contributed by atoms with Gasteiger partial charge >= 0.3 is 0 Å². The Morgan fingerprint density at radius 2 is 1.79 bits per heavy atom. The number of aromatic hydroxyl groups is 1. The fourth-order valence-electron chi connectivity index (χ4n) is 2.68. The molecule has 3 N–H and O–H groups in total. The van der Waals surface area contributed by atoms with Crippen molar-refractivity contribution in [3.8, 4) is 22.6 Å². The molecule has 0 spiro atoms. The Bertz CT molecular complexity index is 1010. The van der Waals surface area contributed by atoms with E-state index in [1.165, 1.54) is 12.1 Å². The van der Waals surface area contributed by atoms with Gasteiger partial charge in [-0.2, -0.15) is 0 Å². The lowest BCUT2D eigenvalue weighted by Crippen LogP contribution is -2.20. The number of rotatable bonds is 6. The van der Waals surface area contributed by atoms with Gasteiger partial charge in [-0.15, -0.1) is 0 Å². The largest absolute Gasteiger partial charge is 0.507 e. The van der Waals surface area contributed by atoms with Crippen LogP contribution in [0.3, 0.4) is 0 Å². The maximum atomic E-state index is 14.4. The molecule has 1 amide bonds. The molecule has 28 heavy (non-hydrogen) atoms. The van der Waals surface area contributed by atoms with E-state index in [9.17, 15) is 14.3 Å². The number of amides is 1. The predicted octanol–water partition coefficient (Wildman–Crippen LogP) is 4.36. The van der Waals surface area contributed by atoms with E-state index in [0.29, 0.717) is 22.3 Å². The Balaban J connectivity index is 1.94. The van der Waals surface area contributed by atoms with Crippen LogP contribution >= 0.6 is 23.2 Å². The van der Waals surface area contributed by atoms with Gasteiger partial charge < -0.3 is 15.6 Å². The second-order valence-electron chi connectivity index (χ2n) is 5.99. The Kier molecular flexibility index (Phi) is 6.02. The van der Waals surface area contributed by atoms with Crippen LogP contribution in [0.25, 0.3) is 11.1 Å².